The van der Waals surface area contributed by atoms with E-state index in [1.807, 2.05) is 30.3 Å². The monoisotopic (exact) mass is 564 g/mol. The first-order valence-corrected chi connectivity index (χ1v) is 14.2. The fourth-order valence-corrected chi connectivity index (χ4v) is 6.71. The van der Waals surface area contributed by atoms with Crippen LogP contribution in [0.1, 0.15) is 28.8 Å². The van der Waals surface area contributed by atoms with Gasteiger partial charge in [0.2, 0.25) is 5.75 Å². The Morgan fingerprint density at radius 2 is 1.82 bits per heavy atom. The van der Waals surface area contributed by atoms with Crippen LogP contribution in [0.4, 0.5) is 0 Å². The van der Waals surface area contributed by atoms with Crippen LogP contribution in [-0.2, 0) is 17.6 Å². The summed E-state index contributed by atoms with van der Waals surface area (Å²) in [5.74, 6) is 1.13. The highest BCUT2D eigenvalue weighted by atomic mass is 32.2. The molecule has 0 fully saturated rings. The molecule has 0 saturated carbocycles. The average Bonchev–Trinajstić information content (AvgIpc) is 3.34. The molecule has 0 unspecified atom stereocenters. The molecule has 1 aliphatic carbocycles. The fraction of sp³-hybridized carbons (Fsp3) is 0.286. The number of nitrogens with zero attached hydrogens (tertiary/aromatic N) is 3. The largest absolute Gasteiger partial charge is 0.493 e. The number of ether oxygens (including phenoxy) is 3. The van der Waals surface area contributed by atoms with Gasteiger partial charge in [-0.2, -0.15) is 5.10 Å². The molecule has 1 aliphatic rings. The Bertz CT molecular complexity index is 1570. The Hall–Kier alpha value is -3.83. The quantitative estimate of drug-likeness (QED) is 0.137. The van der Waals surface area contributed by atoms with Crippen LogP contribution in [0.5, 0.6) is 17.2 Å². The van der Waals surface area contributed by atoms with Crippen LogP contribution in [0.15, 0.2) is 57.5 Å². The summed E-state index contributed by atoms with van der Waals surface area (Å²) in [5, 5.41) is 5.26. The van der Waals surface area contributed by atoms with Crippen molar-refractivity contribution >= 4 is 45.4 Å². The van der Waals surface area contributed by atoms with Gasteiger partial charge in [0.15, 0.2) is 16.7 Å². The second-order valence-electron chi connectivity index (χ2n) is 8.80. The number of thioether (sulfide) groups is 1. The normalized spacial score (nSPS) is 12.9. The molecule has 2 aromatic carbocycles. The summed E-state index contributed by atoms with van der Waals surface area (Å²) in [6, 6.07) is 12.9. The van der Waals surface area contributed by atoms with Crippen LogP contribution in [0.25, 0.3) is 15.9 Å². The zero-order valence-electron chi connectivity index (χ0n) is 21.9. The van der Waals surface area contributed by atoms with Crippen molar-refractivity contribution in [1.82, 2.24) is 15.0 Å². The van der Waals surface area contributed by atoms with Gasteiger partial charge in [0.05, 0.1) is 44.4 Å². The molecule has 0 aliphatic heterocycles. The van der Waals surface area contributed by atoms with Crippen molar-refractivity contribution in [2.24, 2.45) is 5.10 Å². The summed E-state index contributed by atoms with van der Waals surface area (Å²) >= 11 is 2.80. The van der Waals surface area contributed by atoms with E-state index >= 15 is 0 Å². The first-order chi connectivity index (χ1) is 19.0. The first-order valence-electron chi connectivity index (χ1n) is 12.4. The smallest absolute Gasteiger partial charge is 0.267 e. The predicted octanol–water partition coefficient (Wildman–Crippen LogP) is 4.59. The van der Waals surface area contributed by atoms with Gasteiger partial charge in [0.25, 0.3) is 11.5 Å². The maximum atomic E-state index is 13.8. The lowest BCUT2D eigenvalue weighted by molar-refractivity contribution is -0.118. The number of methoxy groups -OCH3 is 3. The zero-order valence-corrected chi connectivity index (χ0v) is 23.5. The number of thiophene rings is 1. The van der Waals surface area contributed by atoms with E-state index in [-0.39, 0.29) is 17.2 Å². The molecular weight excluding hydrogens is 536 g/mol. The van der Waals surface area contributed by atoms with Gasteiger partial charge in [-0.3, -0.25) is 14.2 Å². The first kappa shape index (κ1) is 26.8. The van der Waals surface area contributed by atoms with E-state index in [1.54, 1.807) is 28.0 Å². The number of rotatable bonds is 9. The molecule has 9 nitrogen and oxygen atoms in total. The summed E-state index contributed by atoms with van der Waals surface area (Å²) in [6.45, 7) is 0. The topological polar surface area (TPSA) is 104 Å². The van der Waals surface area contributed by atoms with E-state index in [2.05, 4.69) is 10.5 Å². The molecule has 2 heterocycles. The summed E-state index contributed by atoms with van der Waals surface area (Å²) in [7, 11) is 4.59. The molecular formula is C28H28N4O5S2. The lowest BCUT2D eigenvalue weighted by Gasteiger charge is -2.13. The maximum Gasteiger partial charge on any atom is 0.267 e. The molecule has 11 heteroatoms. The van der Waals surface area contributed by atoms with Gasteiger partial charge >= 0.3 is 0 Å². The minimum absolute atomic E-state index is 0.0302. The van der Waals surface area contributed by atoms with E-state index in [1.165, 1.54) is 44.2 Å². The molecule has 0 atom stereocenters. The summed E-state index contributed by atoms with van der Waals surface area (Å²) in [4.78, 5) is 33.3. The Morgan fingerprint density at radius 3 is 2.51 bits per heavy atom. The van der Waals surface area contributed by atoms with Crippen LogP contribution in [-0.4, -0.2) is 48.8 Å². The SMILES string of the molecule is COc1cc(/C=N\NC(=O)CSc2nc3sc4c(c3c(=O)n2-c2ccccc2)CCCC4)cc(OC)c1OC. The third-order valence-corrected chi connectivity index (χ3v) is 8.52. The lowest BCUT2D eigenvalue weighted by atomic mass is 9.97. The van der Waals surface area contributed by atoms with Gasteiger partial charge in [-0.15, -0.1) is 11.3 Å². The molecule has 1 N–H and O–H groups in total. The lowest BCUT2D eigenvalue weighted by Crippen LogP contribution is -2.24. The number of hydrogen-bond donors (Lipinski definition) is 1. The van der Waals surface area contributed by atoms with Gasteiger partial charge in [-0.1, -0.05) is 30.0 Å². The number of carbonyl (C=O) groups excluding carboxylic acids is 1. The number of hydrogen-bond acceptors (Lipinski definition) is 9. The Labute approximate surface area is 233 Å². The number of hydrazone groups is 1. The molecule has 0 spiro atoms. The van der Waals surface area contributed by atoms with Crippen LogP contribution in [0, 0.1) is 0 Å². The molecule has 1 amide bonds. The number of aryl methyl sites for hydroxylation is 2. The van der Waals surface area contributed by atoms with Crippen molar-refractivity contribution in [3.05, 3.63) is 68.8 Å². The van der Waals surface area contributed by atoms with Crippen molar-refractivity contribution in [2.75, 3.05) is 27.1 Å². The van der Waals surface area contributed by atoms with Crippen molar-refractivity contribution < 1.29 is 19.0 Å². The molecule has 4 aromatic rings. The van der Waals surface area contributed by atoms with Crippen molar-refractivity contribution in [1.29, 1.82) is 0 Å². The molecule has 0 bridgehead atoms. The summed E-state index contributed by atoms with van der Waals surface area (Å²) in [6.07, 6.45) is 5.59. The van der Waals surface area contributed by atoms with E-state index in [0.717, 1.165) is 41.8 Å². The number of aromatic nitrogens is 2. The van der Waals surface area contributed by atoms with Gasteiger partial charge in [-0.05, 0) is 55.5 Å². The van der Waals surface area contributed by atoms with Crippen LogP contribution >= 0.6 is 23.1 Å². The second-order valence-corrected chi connectivity index (χ2v) is 10.8. The van der Waals surface area contributed by atoms with E-state index in [9.17, 15) is 9.59 Å². The molecule has 202 valence electrons. The molecule has 2 aromatic heterocycles. The minimum atomic E-state index is -0.330. The number of nitrogens with one attached hydrogen (secondary N) is 1. The molecule has 0 saturated heterocycles. The highest BCUT2D eigenvalue weighted by molar-refractivity contribution is 7.99. The Kier molecular flexibility index (Phi) is 8.18. The van der Waals surface area contributed by atoms with Crippen molar-refractivity contribution in [3.8, 4) is 22.9 Å². The van der Waals surface area contributed by atoms with Gasteiger partial charge in [0, 0.05) is 10.4 Å². The molecule has 0 radical (unpaired) electrons. The molecule has 5 rings (SSSR count). The van der Waals surface area contributed by atoms with Crippen LogP contribution in [0.2, 0.25) is 0 Å². The van der Waals surface area contributed by atoms with Gasteiger partial charge < -0.3 is 14.2 Å². The third kappa shape index (κ3) is 5.50. The van der Waals surface area contributed by atoms with Gasteiger partial charge in [0.1, 0.15) is 4.83 Å². The van der Waals surface area contributed by atoms with Crippen molar-refractivity contribution in [3.63, 3.8) is 0 Å². The standard InChI is InChI=1S/C28H28N4O5S2/c1-35-20-13-17(14-21(36-2)25(20)37-3)15-29-31-23(33)16-38-28-30-26-24(19-11-7-8-12-22(19)39-26)27(34)32(28)18-9-5-4-6-10-18/h4-6,9-10,13-15H,7-8,11-12,16H2,1-3H3,(H,31,33)/b29-15-. The maximum absolute atomic E-state index is 13.8. The van der Waals surface area contributed by atoms with E-state index < -0.39 is 0 Å². The Morgan fingerprint density at radius 1 is 1.10 bits per heavy atom. The van der Waals surface area contributed by atoms with E-state index in [4.69, 9.17) is 19.2 Å². The minimum Gasteiger partial charge on any atom is -0.493 e. The van der Waals surface area contributed by atoms with Crippen molar-refractivity contribution in [2.45, 2.75) is 30.8 Å². The van der Waals surface area contributed by atoms with Gasteiger partial charge in [-0.25, -0.2) is 10.4 Å². The number of amides is 1. The number of para-hydroxylation sites is 1. The summed E-state index contributed by atoms with van der Waals surface area (Å²) in [5.41, 5.74) is 4.96. The molecule has 39 heavy (non-hydrogen) atoms. The highest BCUT2D eigenvalue weighted by Crippen LogP contribution is 2.38. The van der Waals surface area contributed by atoms with Crippen LogP contribution < -0.4 is 25.2 Å². The number of carbonyl (C=O) groups is 1. The third-order valence-electron chi connectivity index (χ3n) is 6.39. The zero-order chi connectivity index (χ0) is 27.4. The fourth-order valence-electron chi connectivity index (χ4n) is 4.60. The predicted molar refractivity (Wildman–Crippen MR) is 154 cm³/mol. The highest BCUT2D eigenvalue weighted by Gasteiger charge is 2.23. The van der Waals surface area contributed by atoms with E-state index in [0.29, 0.717) is 33.4 Å². The average molecular weight is 565 g/mol. The van der Waals surface area contributed by atoms with Crippen LogP contribution in [0.3, 0.4) is 0 Å². The number of fused-ring (bicyclic) bond motifs is 3. The number of benzene rings is 2. The summed E-state index contributed by atoms with van der Waals surface area (Å²) < 4.78 is 17.7. The second kappa shape index (κ2) is 11.9. The Balaban J connectivity index is 1.37.